The van der Waals surface area contributed by atoms with E-state index in [4.69, 9.17) is 0 Å². The van der Waals surface area contributed by atoms with Gasteiger partial charge in [-0.05, 0) is 29.4 Å². The maximum Gasteiger partial charge on any atom is 0.243 e. The van der Waals surface area contributed by atoms with Gasteiger partial charge in [-0.15, -0.1) is 10.2 Å². The van der Waals surface area contributed by atoms with Crippen molar-refractivity contribution in [3.8, 4) is 0 Å². The third-order valence-electron chi connectivity index (χ3n) is 4.67. The van der Waals surface area contributed by atoms with Crippen molar-refractivity contribution >= 4 is 33.1 Å². The molecule has 0 saturated carbocycles. The van der Waals surface area contributed by atoms with E-state index in [-0.39, 0.29) is 5.41 Å². The highest BCUT2D eigenvalue weighted by atomic mass is 32.2. The summed E-state index contributed by atoms with van der Waals surface area (Å²) in [6.45, 7) is 9.49. The average molecular weight is 427 g/mol. The van der Waals surface area contributed by atoms with Crippen molar-refractivity contribution in [1.82, 2.24) is 19.4 Å². The molecule has 1 aliphatic heterocycles. The van der Waals surface area contributed by atoms with Gasteiger partial charge in [-0.1, -0.05) is 56.0 Å². The van der Waals surface area contributed by atoms with Gasteiger partial charge in [-0.25, -0.2) is 8.42 Å². The van der Waals surface area contributed by atoms with Crippen LogP contribution in [0.2, 0.25) is 0 Å². The Balaban J connectivity index is 1.62. The summed E-state index contributed by atoms with van der Waals surface area (Å²) in [4.78, 5) is 2.61. The lowest BCUT2D eigenvalue weighted by Gasteiger charge is -2.33. The summed E-state index contributed by atoms with van der Waals surface area (Å²) in [5, 5.41) is 9.30. The molecule has 1 saturated heterocycles. The Kier molecular flexibility index (Phi) is 6.27. The summed E-state index contributed by atoms with van der Waals surface area (Å²) in [7, 11) is -3.44. The van der Waals surface area contributed by atoms with Gasteiger partial charge in [0, 0.05) is 26.2 Å². The normalized spacial score (nSPS) is 17.3. The predicted molar refractivity (Wildman–Crippen MR) is 111 cm³/mol. The van der Waals surface area contributed by atoms with Crippen LogP contribution in [0.15, 0.2) is 33.5 Å². The first-order valence-corrected chi connectivity index (χ1v) is 12.4. The van der Waals surface area contributed by atoms with E-state index in [9.17, 15) is 8.42 Å². The highest BCUT2D eigenvalue weighted by molar-refractivity contribution is 8.00. The second kappa shape index (κ2) is 8.16. The Bertz CT molecular complexity index is 865. The molecule has 2 heterocycles. The van der Waals surface area contributed by atoms with E-state index >= 15 is 0 Å². The summed E-state index contributed by atoms with van der Waals surface area (Å²) in [6, 6.07) is 7.30. The van der Waals surface area contributed by atoms with Crippen LogP contribution in [-0.2, 0) is 22.0 Å². The molecule has 0 radical (unpaired) electrons. The van der Waals surface area contributed by atoms with Crippen LogP contribution < -0.4 is 0 Å². The molecule has 148 valence electrons. The van der Waals surface area contributed by atoms with E-state index in [1.165, 1.54) is 0 Å². The highest BCUT2D eigenvalue weighted by Crippen LogP contribution is 2.25. The van der Waals surface area contributed by atoms with Crippen molar-refractivity contribution in [1.29, 1.82) is 0 Å². The van der Waals surface area contributed by atoms with Crippen molar-refractivity contribution in [3.63, 3.8) is 0 Å². The number of benzene rings is 1. The molecule has 0 aliphatic carbocycles. The fourth-order valence-electron chi connectivity index (χ4n) is 2.98. The molecule has 1 fully saturated rings. The van der Waals surface area contributed by atoms with Gasteiger partial charge in [0.25, 0.3) is 0 Å². The quantitative estimate of drug-likeness (QED) is 0.685. The fourth-order valence-corrected chi connectivity index (χ4v) is 5.76. The molecule has 0 spiro atoms. The number of nitrogens with zero attached hydrogens (tertiary/aromatic N) is 4. The molecule has 0 bridgehead atoms. The van der Waals surface area contributed by atoms with E-state index in [0.717, 1.165) is 21.5 Å². The molecular formula is C18H26N4O2S3. The SMILES string of the molecule is CSc1nnc(CN2CCN(S(=O)(=O)c3ccc(C(C)(C)C)cc3)CC2)s1. The molecule has 6 nitrogen and oxygen atoms in total. The zero-order chi connectivity index (χ0) is 19.7. The molecule has 0 amide bonds. The van der Waals surface area contributed by atoms with Gasteiger partial charge >= 0.3 is 0 Å². The fraction of sp³-hybridized carbons (Fsp3) is 0.556. The molecule has 3 rings (SSSR count). The lowest BCUT2D eigenvalue weighted by Crippen LogP contribution is -2.48. The van der Waals surface area contributed by atoms with Gasteiger partial charge < -0.3 is 0 Å². The third-order valence-corrected chi connectivity index (χ3v) is 8.47. The highest BCUT2D eigenvalue weighted by Gasteiger charge is 2.29. The summed E-state index contributed by atoms with van der Waals surface area (Å²) < 4.78 is 28.4. The van der Waals surface area contributed by atoms with Gasteiger partial charge in [-0.2, -0.15) is 4.31 Å². The molecule has 9 heteroatoms. The van der Waals surface area contributed by atoms with Crippen LogP contribution in [0, 0.1) is 0 Å². The molecule has 0 N–H and O–H groups in total. The van der Waals surface area contributed by atoms with Crippen molar-refractivity contribution in [2.45, 2.75) is 42.0 Å². The van der Waals surface area contributed by atoms with Crippen molar-refractivity contribution in [3.05, 3.63) is 34.8 Å². The summed E-state index contributed by atoms with van der Waals surface area (Å²) in [6.07, 6.45) is 1.99. The smallest absolute Gasteiger partial charge is 0.243 e. The van der Waals surface area contributed by atoms with E-state index in [0.29, 0.717) is 31.1 Å². The van der Waals surface area contributed by atoms with Gasteiger partial charge in [0.15, 0.2) is 4.34 Å². The van der Waals surface area contributed by atoms with E-state index in [2.05, 4.69) is 35.9 Å². The zero-order valence-electron chi connectivity index (χ0n) is 16.2. The first-order chi connectivity index (χ1) is 12.7. The van der Waals surface area contributed by atoms with Crippen LogP contribution >= 0.6 is 23.1 Å². The molecule has 0 unspecified atom stereocenters. The van der Waals surface area contributed by atoms with E-state index in [1.54, 1.807) is 39.5 Å². The number of piperazine rings is 1. The van der Waals surface area contributed by atoms with Crippen LogP contribution in [0.1, 0.15) is 31.3 Å². The number of rotatable bonds is 5. The zero-order valence-corrected chi connectivity index (χ0v) is 18.6. The predicted octanol–water partition coefficient (Wildman–Crippen LogP) is 3.06. The number of hydrogen-bond acceptors (Lipinski definition) is 7. The van der Waals surface area contributed by atoms with Gasteiger partial charge in [-0.3, -0.25) is 4.90 Å². The summed E-state index contributed by atoms with van der Waals surface area (Å²) in [5.74, 6) is 0. The molecule has 1 aromatic heterocycles. The van der Waals surface area contributed by atoms with Crippen molar-refractivity contribution in [2.75, 3.05) is 32.4 Å². The van der Waals surface area contributed by atoms with Gasteiger partial charge in [0.2, 0.25) is 10.0 Å². The number of aromatic nitrogens is 2. The minimum Gasteiger partial charge on any atom is -0.294 e. The van der Waals surface area contributed by atoms with Gasteiger partial charge in [0.05, 0.1) is 11.4 Å². The second-order valence-electron chi connectivity index (χ2n) is 7.62. The largest absolute Gasteiger partial charge is 0.294 e. The number of hydrogen-bond donors (Lipinski definition) is 0. The van der Waals surface area contributed by atoms with E-state index in [1.807, 2.05) is 18.4 Å². The lowest BCUT2D eigenvalue weighted by atomic mass is 9.87. The maximum atomic E-state index is 12.9. The van der Waals surface area contributed by atoms with Crippen molar-refractivity contribution < 1.29 is 8.42 Å². The molecule has 2 aromatic rings. The van der Waals surface area contributed by atoms with Crippen LogP contribution in [0.25, 0.3) is 0 Å². The van der Waals surface area contributed by atoms with Gasteiger partial charge in [0.1, 0.15) is 5.01 Å². The topological polar surface area (TPSA) is 66.4 Å². The Labute approximate surface area is 170 Å². The van der Waals surface area contributed by atoms with E-state index < -0.39 is 10.0 Å². The lowest BCUT2D eigenvalue weighted by molar-refractivity contribution is 0.181. The number of sulfonamides is 1. The number of thioether (sulfide) groups is 1. The van der Waals surface area contributed by atoms with Crippen molar-refractivity contribution in [2.24, 2.45) is 0 Å². The van der Waals surface area contributed by atoms with Crippen LogP contribution in [0.5, 0.6) is 0 Å². The summed E-state index contributed by atoms with van der Waals surface area (Å²) >= 11 is 3.19. The first-order valence-electron chi connectivity index (χ1n) is 8.89. The Morgan fingerprint density at radius 3 is 2.22 bits per heavy atom. The standard InChI is InChI=1S/C18H26N4O2S3/c1-18(2,3)14-5-7-15(8-6-14)27(23,24)22-11-9-21(10-12-22)13-16-19-20-17(25-4)26-16/h5-8H,9-13H2,1-4H3. The Hall–Kier alpha value is -1.00. The molecular weight excluding hydrogens is 400 g/mol. The van der Waals surface area contributed by atoms with Crippen LogP contribution in [-0.4, -0.2) is 60.3 Å². The molecule has 1 aromatic carbocycles. The minimum absolute atomic E-state index is 0.00868. The monoisotopic (exact) mass is 426 g/mol. The summed E-state index contributed by atoms with van der Waals surface area (Å²) in [5.41, 5.74) is 1.14. The maximum absolute atomic E-state index is 12.9. The molecule has 27 heavy (non-hydrogen) atoms. The average Bonchev–Trinajstić information content (AvgIpc) is 3.09. The van der Waals surface area contributed by atoms with Crippen LogP contribution in [0.3, 0.4) is 0 Å². The Morgan fingerprint density at radius 2 is 1.70 bits per heavy atom. The molecule has 1 aliphatic rings. The first kappa shape index (κ1) is 20.7. The molecule has 0 atom stereocenters. The van der Waals surface area contributed by atoms with Crippen LogP contribution in [0.4, 0.5) is 0 Å². The third kappa shape index (κ3) is 4.89. The second-order valence-corrected chi connectivity index (χ2v) is 11.7. The Morgan fingerprint density at radius 1 is 1.07 bits per heavy atom. The minimum atomic E-state index is -3.44.